The van der Waals surface area contributed by atoms with Crippen LogP contribution in [0.5, 0.6) is 0 Å². The smallest absolute Gasteiger partial charge is 0.349 e. The second kappa shape index (κ2) is 7.98. The highest BCUT2D eigenvalue weighted by Gasteiger charge is 2.30. The standard InChI is InChI=1S/C20H22F3N5O/c21-20(22,23)14-6-4-13(5-7-14)17-11-15(26-19(27-17)28-9-2-10-28)12-25-18(29)16-3-1-8-24-16/h4-7,11,16,24H,1-3,8-10,12H2,(H,25,29). The Morgan fingerprint density at radius 1 is 1.17 bits per heavy atom. The number of benzene rings is 1. The van der Waals surface area contributed by atoms with Crippen LogP contribution in [0, 0.1) is 0 Å². The molecule has 2 aliphatic heterocycles. The summed E-state index contributed by atoms with van der Waals surface area (Å²) in [5.41, 5.74) is 1.05. The number of carbonyl (C=O) groups excluding carboxylic acids is 1. The van der Waals surface area contributed by atoms with E-state index in [1.54, 1.807) is 6.07 Å². The summed E-state index contributed by atoms with van der Waals surface area (Å²) < 4.78 is 38.5. The number of anilines is 1. The maximum atomic E-state index is 12.8. The zero-order chi connectivity index (χ0) is 20.4. The summed E-state index contributed by atoms with van der Waals surface area (Å²) in [4.78, 5) is 23.3. The lowest BCUT2D eigenvalue weighted by Gasteiger charge is -2.31. The van der Waals surface area contributed by atoms with Gasteiger partial charge in [-0.1, -0.05) is 12.1 Å². The molecule has 1 atom stereocenters. The van der Waals surface area contributed by atoms with Crippen LogP contribution in [0.3, 0.4) is 0 Å². The van der Waals surface area contributed by atoms with Gasteiger partial charge in [0.15, 0.2) is 0 Å². The number of aromatic nitrogens is 2. The topological polar surface area (TPSA) is 70.2 Å². The number of carbonyl (C=O) groups is 1. The maximum absolute atomic E-state index is 12.8. The highest BCUT2D eigenvalue weighted by atomic mass is 19.4. The van der Waals surface area contributed by atoms with Crippen molar-refractivity contribution < 1.29 is 18.0 Å². The monoisotopic (exact) mass is 405 g/mol. The molecule has 1 unspecified atom stereocenters. The Kier molecular flexibility index (Phi) is 5.40. The fourth-order valence-electron chi connectivity index (χ4n) is 3.42. The third-order valence-corrected chi connectivity index (χ3v) is 5.23. The number of nitrogens with one attached hydrogen (secondary N) is 2. The number of rotatable bonds is 5. The Labute approximate surface area is 166 Å². The molecule has 1 aromatic heterocycles. The molecule has 1 aromatic carbocycles. The largest absolute Gasteiger partial charge is 0.416 e. The maximum Gasteiger partial charge on any atom is 0.416 e. The van der Waals surface area contributed by atoms with E-state index in [0.717, 1.165) is 51.0 Å². The number of amides is 1. The second-order valence-electron chi connectivity index (χ2n) is 7.33. The van der Waals surface area contributed by atoms with Crippen molar-refractivity contribution in [3.8, 4) is 11.3 Å². The third kappa shape index (κ3) is 4.50. The van der Waals surface area contributed by atoms with Crippen molar-refractivity contribution in [3.63, 3.8) is 0 Å². The van der Waals surface area contributed by atoms with Gasteiger partial charge in [0.05, 0.1) is 29.5 Å². The van der Waals surface area contributed by atoms with Gasteiger partial charge in [-0.25, -0.2) is 9.97 Å². The van der Waals surface area contributed by atoms with Gasteiger partial charge < -0.3 is 15.5 Å². The average Bonchev–Trinajstić information content (AvgIpc) is 3.19. The molecule has 2 saturated heterocycles. The Bertz CT molecular complexity index is 875. The number of alkyl halides is 3. The van der Waals surface area contributed by atoms with Crippen molar-refractivity contribution in [1.82, 2.24) is 20.6 Å². The van der Waals surface area contributed by atoms with E-state index in [-0.39, 0.29) is 18.5 Å². The van der Waals surface area contributed by atoms with Crippen LogP contribution in [0.4, 0.5) is 19.1 Å². The molecule has 2 N–H and O–H groups in total. The molecule has 0 radical (unpaired) electrons. The van der Waals surface area contributed by atoms with E-state index >= 15 is 0 Å². The molecule has 4 rings (SSSR count). The molecule has 0 saturated carbocycles. The fraction of sp³-hybridized carbons (Fsp3) is 0.450. The predicted octanol–water partition coefficient (Wildman–Crippen LogP) is 2.74. The van der Waals surface area contributed by atoms with Gasteiger partial charge in [0, 0.05) is 18.7 Å². The lowest BCUT2D eigenvalue weighted by molar-refractivity contribution is -0.137. The van der Waals surface area contributed by atoms with Crippen molar-refractivity contribution in [3.05, 3.63) is 41.6 Å². The van der Waals surface area contributed by atoms with Crippen molar-refractivity contribution in [2.75, 3.05) is 24.5 Å². The van der Waals surface area contributed by atoms with Gasteiger partial charge >= 0.3 is 6.18 Å². The zero-order valence-electron chi connectivity index (χ0n) is 15.8. The summed E-state index contributed by atoms with van der Waals surface area (Å²) in [5.74, 6) is 0.472. The molecule has 9 heteroatoms. The fourth-order valence-corrected chi connectivity index (χ4v) is 3.42. The first-order valence-corrected chi connectivity index (χ1v) is 9.72. The van der Waals surface area contributed by atoms with Crippen LogP contribution in [0.15, 0.2) is 30.3 Å². The minimum absolute atomic E-state index is 0.0670. The first-order chi connectivity index (χ1) is 13.9. The highest BCUT2D eigenvalue weighted by molar-refractivity contribution is 5.82. The SMILES string of the molecule is O=C(NCc1cc(-c2ccc(C(F)(F)F)cc2)nc(N2CCC2)n1)C1CCCN1. The Hall–Kier alpha value is -2.68. The van der Waals surface area contributed by atoms with Crippen LogP contribution in [0.25, 0.3) is 11.3 Å². The summed E-state index contributed by atoms with van der Waals surface area (Å²) in [6.07, 6.45) is -1.54. The van der Waals surface area contributed by atoms with Crippen LogP contribution < -0.4 is 15.5 Å². The van der Waals surface area contributed by atoms with Gasteiger partial charge in [0.25, 0.3) is 0 Å². The molecule has 6 nitrogen and oxygen atoms in total. The quantitative estimate of drug-likeness (QED) is 0.801. The summed E-state index contributed by atoms with van der Waals surface area (Å²) in [5, 5.41) is 6.04. The van der Waals surface area contributed by atoms with E-state index in [4.69, 9.17) is 0 Å². The van der Waals surface area contributed by atoms with Gasteiger partial charge in [0.1, 0.15) is 0 Å². The van der Waals surface area contributed by atoms with Crippen molar-refractivity contribution in [1.29, 1.82) is 0 Å². The molecule has 2 aromatic rings. The van der Waals surface area contributed by atoms with Crippen molar-refractivity contribution in [2.45, 2.75) is 38.0 Å². The van der Waals surface area contributed by atoms with Gasteiger partial charge in [-0.15, -0.1) is 0 Å². The van der Waals surface area contributed by atoms with Crippen LogP contribution in [-0.2, 0) is 17.5 Å². The van der Waals surface area contributed by atoms with Crippen LogP contribution in [0.2, 0.25) is 0 Å². The molecule has 0 spiro atoms. The minimum Gasteiger partial charge on any atom is -0.349 e. The molecule has 1 amide bonds. The summed E-state index contributed by atoms with van der Waals surface area (Å²) in [7, 11) is 0. The van der Waals surface area contributed by atoms with Crippen molar-refractivity contribution in [2.24, 2.45) is 0 Å². The van der Waals surface area contributed by atoms with Gasteiger partial charge in [0.2, 0.25) is 11.9 Å². The normalized spacial score (nSPS) is 19.1. The molecule has 3 heterocycles. The number of hydrogen-bond donors (Lipinski definition) is 2. The van der Waals surface area contributed by atoms with E-state index in [0.29, 0.717) is 22.9 Å². The lowest BCUT2D eigenvalue weighted by atomic mass is 10.1. The number of hydrogen-bond acceptors (Lipinski definition) is 5. The second-order valence-corrected chi connectivity index (χ2v) is 7.33. The summed E-state index contributed by atoms with van der Waals surface area (Å²) in [6, 6.07) is 6.46. The predicted molar refractivity (Wildman–Crippen MR) is 102 cm³/mol. The minimum atomic E-state index is -4.38. The van der Waals surface area contributed by atoms with E-state index in [2.05, 4.69) is 20.6 Å². The molecule has 2 aliphatic rings. The Morgan fingerprint density at radius 2 is 1.93 bits per heavy atom. The number of nitrogens with zero attached hydrogens (tertiary/aromatic N) is 3. The van der Waals surface area contributed by atoms with E-state index in [1.165, 1.54) is 12.1 Å². The molecule has 0 aliphatic carbocycles. The zero-order valence-corrected chi connectivity index (χ0v) is 15.8. The third-order valence-electron chi connectivity index (χ3n) is 5.23. The average molecular weight is 405 g/mol. The molecular weight excluding hydrogens is 383 g/mol. The van der Waals surface area contributed by atoms with Gasteiger partial charge in [-0.05, 0) is 44.0 Å². The Morgan fingerprint density at radius 3 is 2.52 bits per heavy atom. The van der Waals surface area contributed by atoms with Crippen molar-refractivity contribution >= 4 is 11.9 Å². The molecule has 154 valence electrons. The van der Waals surface area contributed by atoms with E-state index in [1.807, 2.05) is 4.90 Å². The molecular formula is C20H22F3N5O. The van der Waals surface area contributed by atoms with Gasteiger partial charge in [-0.2, -0.15) is 13.2 Å². The highest BCUT2D eigenvalue weighted by Crippen LogP contribution is 2.31. The first-order valence-electron chi connectivity index (χ1n) is 9.72. The summed E-state index contributed by atoms with van der Waals surface area (Å²) in [6.45, 7) is 2.76. The molecule has 29 heavy (non-hydrogen) atoms. The van der Waals surface area contributed by atoms with Crippen LogP contribution in [-0.4, -0.2) is 41.6 Å². The first kappa shape index (κ1) is 19.6. The van der Waals surface area contributed by atoms with Crippen LogP contribution >= 0.6 is 0 Å². The Balaban J connectivity index is 1.56. The van der Waals surface area contributed by atoms with E-state index < -0.39 is 11.7 Å². The van der Waals surface area contributed by atoms with E-state index in [9.17, 15) is 18.0 Å². The number of halogens is 3. The molecule has 0 bridgehead atoms. The lowest BCUT2D eigenvalue weighted by Crippen LogP contribution is -2.40. The van der Waals surface area contributed by atoms with Crippen LogP contribution in [0.1, 0.15) is 30.5 Å². The summed E-state index contributed by atoms with van der Waals surface area (Å²) >= 11 is 0. The molecule has 2 fully saturated rings. The van der Waals surface area contributed by atoms with Gasteiger partial charge in [-0.3, -0.25) is 4.79 Å².